The predicted octanol–water partition coefficient (Wildman–Crippen LogP) is 10.6. The first kappa shape index (κ1) is 69.0. The molecule has 436 valence electrons. The highest BCUT2D eigenvalue weighted by Gasteiger charge is 2.47. The first-order valence-electron chi connectivity index (χ1n) is 29.3. The number of aliphatic hydroxyl groups excluding tert-OH is 7. The summed E-state index contributed by atoms with van der Waals surface area (Å²) in [5.41, 5.74) is 0. The highest BCUT2D eigenvalue weighted by atomic mass is 16.7. The molecule has 11 unspecified atom stereocenters. The third kappa shape index (κ3) is 34.0. The largest absolute Gasteiger partial charge is 0.457 e. The molecule has 0 amide bonds. The number of allylic oxidation sites excluding steroid dienone is 16. The third-order valence-corrected chi connectivity index (χ3v) is 13.3. The van der Waals surface area contributed by atoms with Gasteiger partial charge in [-0.15, -0.1) is 0 Å². The van der Waals surface area contributed by atoms with Gasteiger partial charge in [0.05, 0.1) is 26.4 Å². The summed E-state index contributed by atoms with van der Waals surface area (Å²) in [6.45, 7) is 3.44. The third-order valence-electron chi connectivity index (χ3n) is 13.3. The summed E-state index contributed by atoms with van der Waals surface area (Å²) < 4.78 is 34.3. The van der Waals surface area contributed by atoms with Gasteiger partial charge in [0.15, 0.2) is 12.6 Å². The van der Waals surface area contributed by atoms with E-state index in [1.165, 1.54) is 70.6 Å². The molecule has 0 bridgehead atoms. The average molecular weight is 1070 g/mol. The number of ether oxygens (including phenoxy) is 6. The molecule has 0 aromatic rings. The van der Waals surface area contributed by atoms with Gasteiger partial charge in [-0.2, -0.15) is 0 Å². The second kappa shape index (κ2) is 47.9. The number of unbranched alkanes of at least 4 members (excludes halogenated alkanes) is 16. The van der Waals surface area contributed by atoms with Crippen LogP contribution in [0.15, 0.2) is 97.2 Å². The van der Waals surface area contributed by atoms with E-state index in [9.17, 15) is 40.5 Å². The molecule has 76 heavy (non-hydrogen) atoms. The monoisotopic (exact) mass is 1070 g/mol. The SMILES string of the molecule is CC/C=C\C/C=C\C/C=C\C/C=C\C/C=C\C/C=C\C/C=C\CCCCOCC(COC1OC(COC2OC(CO)C(O)C(O)C2O)C(O)C(O)C1O)OC(=O)CCCCCCCCC/C=C\CCCCCCCCC. The topological polar surface area (TPSA) is 214 Å². The molecule has 14 nitrogen and oxygen atoms in total. The van der Waals surface area contributed by atoms with E-state index in [4.69, 9.17) is 28.4 Å². The van der Waals surface area contributed by atoms with Crippen LogP contribution in [-0.4, -0.2) is 142 Å². The van der Waals surface area contributed by atoms with Crippen molar-refractivity contribution in [3.63, 3.8) is 0 Å². The maximum atomic E-state index is 13.1. The maximum Gasteiger partial charge on any atom is 0.306 e. The lowest BCUT2D eigenvalue weighted by Crippen LogP contribution is -2.61. The lowest BCUT2D eigenvalue weighted by atomic mass is 9.98. The smallest absolute Gasteiger partial charge is 0.306 e. The van der Waals surface area contributed by atoms with Crippen LogP contribution in [-0.2, 0) is 33.2 Å². The molecule has 14 heteroatoms. The number of hydrogen-bond acceptors (Lipinski definition) is 14. The van der Waals surface area contributed by atoms with Crippen LogP contribution in [0.25, 0.3) is 0 Å². The van der Waals surface area contributed by atoms with Crippen molar-refractivity contribution in [3.8, 4) is 0 Å². The van der Waals surface area contributed by atoms with Gasteiger partial charge in [0, 0.05) is 13.0 Å². The van der Waals surface area contributed by atoms with E-state index in [2.05, 4.69) is 111 Å². The first-order chi connectivity index (χ1) is 37.1. The van der Waals surface area contributed by atoms with Gasteiger partial charge in [0.1, 0.15) is 54.9 Å². The zero-order valence-electron chi connectivity index (χ0n) is 46.7. The predicted molar refractivity (Wildman–Crippen MR) is 302 cm³/mol. The molecule has 2 saturated heterocycles. The molecular formula is C62H104O14. The van der Waals surface area contributed by atoms with Crippen LogP contribution in [0.1, 0.15) is 187 Å². The fourth-order valence-electron chi connectivity index (χ4n) is 8.61. The molecule has 2 aliphatic heterocycles. The van der Waals surface area contributed by atoms with Gasteiger partial charge in [0.2, 0.25) is 0 Å². The van der Waals surface area contributed by atoms with E-state index in [0.29, 0.717) is 13.0 Å². The van der Waals surface area contributed by atoms with Crippen LogP contribution in [0, 0.1) is 0 Å². The van der Waals surface area contributed by atoms with Crippen molar-refractivity contribution in [1.29, 1.82) is 0 Å². The minimum atomic E-state index is -1.72. The molecule has 0 aliphatic carbocycles. The second-order valence-electron chi connectivity index (χ2n) is 20.1. The van der Waals surface area contributed by atoms with Crippen LogP contribution < -0.4 is 0 Å². The summed E-state index contributed by atoms with van der Waals surface area (Å²) in [5.74, 6) is -0.399. The Hall–Kier alpha value is -3.09. The van der Waals surface area contributed by atoms with Gasteiger partial charge < -0.3 is 64.2 Å². The van der Waals surface area contributed by atoms with E-state index in [-0.39, 0.29) is 19.6 Å². The lowest BCUT2D eigenvalue weighted by molar-refractivity contribution is -0.332. The van der Waals surface area contributed by atoms with E-state index in [1.54, 1.807) is 0 Å². The number of aliphatic hydroxyl groups is 7. The Bertz CT molecular complexity index is 1620. The van der Waals surface area contributed by atoms with E-state index >= 15 is 0 Å². The average Bonchev–Trinajstić information content (AvgIpc) is 3.42. The van der Waals surface area contributed by atoms with Gasteiger partial charge in [0.25, 0.3) is 0 Å². The van der Waals surface area contributed by atoms with Crippen LogP contribution in [0.4, 0.5) is 0 Å². The fraction of sp³-hybridized carbons (Fsp3) is 0.726. The minimum absolute atomic E-state index is 0.0240. The molecular weight excluding hydrogens is 969 g/mol. The van der Waals surface area contributed by atoms with Gasteiger partial charge in [-0.05, 0) is 96.3 Å². The summed E-state index contributed by atoms with van der Waals surface area (Å²) in [5, 5.41) is 72.4. The lowest BCUT2D eigenvalue weighted by Gasteiger charge is -2.42. The number of hydrogen-bond donors (Lipinski definition) is 7. The summed E-state index contributed by atoms with van der Waals surface area (Å²) in [6, 6.07) is 0. The van der Waals surface area contributed by atoms with E-state index < -0.39 is 86.7 Å². The summed E-state index contributed by atoms with van der Waals surface area (Å²) in [4.78, 5) is 13.1. The van der Waals surface area contributed by atoms with E-state index in [1.807, 2.05) is 0 Å². The molecule has 2 fully saturated rings. The summed E-state index contributed by atoms with van der Waals surface area (Å²) in [7, 11) is 0. The van der Waals surface area contributed by atoms with Gasteiger partial charge in [-0.1, -0.05) is 182 Å². The van der Waals surface area contributed by atoms with Crippen LogP contribution in [0.3, 0.4) is 0 Å². The Kier molecular flexibility index (Phi) is 43.5. The van der Waals surface area contributed by atoms with Gasteiger partial charge in [-0.3, -0.25) is 4.79 Å². The van der Waals surface area contributed by atoms with Crippen LogP contribution in [0.5, 0.6) is 0 Å². The van der Waals surface area contributed by atoms with Crippen molar-refractivity contribution in [2.45, 2.75) is 255 Å². The molecule has 2 heterocycles. The molecule has 11 atom stereocenters. The summed E-state index contributed by atoms with van der Waals surface area (Å²) in [6.07, 6.45) is 47.5. The van der Waals surface area contributed by atoms with Crippen molar-refractivity contribution < 1.29 is 69.0 Å². The Balaban J connectivity index is 1.75. The second-order valence-corrected chi connectivity index (χ2v) is 20.1. The molecule has 0 aromatic heterocycles. The van der Waals surface area contributed by atoms with Crippen molar-refractivity contribution in [2.24, 2.45) is 0 Å². The van der Waals surface area contributed by atoms with Crippen molar-refractivity contribution >= 4 is 5.97 Å². The quantitative estimate of drug-likeness (QED) is 0.0172. The van der Waals surface area contributed by atoms with Gasteiger partial charge >= 0.3 is 5.97 Å². The number of carbonyl (C=O) groups excluding carboxylic acids is 1. The molecule has 0 spiro atoms. The fourth-order valence-corrected chi connectivity index (χ4v) is 8.61. The van der Waals surface area contributed by atoms with E-state index in [0.717, 1.165) is 89.9 Å². The highest BCUT2D eigenvalue weighted by Crippen LogP contribution is 2.26. The molecule has 0 radical (unpaired) electrons. The van der Waals surface area contributed by atoms with Crippen LogP contribution >= 0.6 is 0 Å². The minimum Gasteiger partial charge on any atom is -0.457 e. The number of rotatable bonds is 46. The Morgan fingerprint density at radius 2 is 0.855 bits per heavy atom. The Morgan fingerprint density at radius 1 is 0.447 bits per heavy atom. The highest BCUT2D eigenvalue weighted by molar-refractivity contribution is 5.69. The molecule has 2 aliphatic rings. The zero-order chi connectivity index (χ0) is 55.1. The molecule has 0 aromatic carbocycles. The standard InChI is InChI=1S/C62H104O14/c1-3-5-7-9-11-13-15-17-19-21-23-24-25-26-27-28-30-32-34-36-38-40-42-44-46-71-48-51(74-54(64)45-43-41-39-37-35-33-31-29-22-20-18-16-14-12-10-8-6-4-2)49-72-61-60(70)58(68)56(66)53(76-61)50-73-62-59(69)57(67)55(65)52(47-63)75-62/h5,7,11,13,17,19-20,22-24,26-27,30,32,36,38,51-53,55-63,65-70H,3-4,6,8-10,12,14-16,18,21,25,28-29,31,33-35,37,39-50H2,1-2H3/b7-5-,13-11-,19-17-,22-20-,24-23-,27-26-,32-30-,38-36-. The van der Waals surface area contributed by atoms with Crippen molar-refractivity contribution in [2.75, 3.05) is 33.0 Å². The Morgan fingerprint density at radius 3 is 1.36 bits per heavy atom. The summed E-state index contributed by atoms with van der Waals surface area (Å²) >= 11 is 0. The number of esters is 1. The zero-order valence-corrected chi connectivity index (χ0v) is 46.7. The maximum absolute atomic E-state index is 13.1. The molecule has 0 saturated carbocycles. The number of carbonyl (C=O) groups is 1. The van der Waals surface area contributed by atoms with Gasteiger partial charge in [-0.25, -0.2) is 0 Å². The molecule has 7 N–H and O–H groups in total. The van der Waals surface area contributed by atoms with Crippen molar-refractivity contribution in [3.05, 3.63) is 97.2 Å². The van der Waals surface area contributed by atoms with Crippen molar-refractivity contribution in [1.82, 2.24) is 0 Å². The normalized spacial score (nSPS) is 25.2. The molecule has 2 rings (SSSR count). The van der Waals surface area contributed by atoms with Crippen LogP contribution in [0.2, 0.25) is 0 Å². The first-order valence-corrected chi connectivity index (χ1v) is 29.3. The Labute approximate surface area is 458 Å².